The molecule has 180 valence electrons. The maximum Gasteiger partial charge on any atom is 0.414 e. The summed E-state index contributed by atoms with van der Waals surface area (Å²) in [5, 5.41) is 0. The molecule has 0 aromatic heterocycles. The van der Waals surface area contributed by atoms with Crippen LogP contribution in [0.4, 0.5) is 10.5 Å². The van der Waals surface area contributed by atoms with Crippen LogP contribution in [0.3, 0.4) is 0 Å². The molecule has 4 N–H and O–H groups in total. The maximum atomic E-state index is 12.9. The summed E-state index contributed by atoms with van der Waals surface area (Å²) in [5.74, 6) is -0.651. The molecular weight excluding hydrogens is 432 g/mol. The fourth-order valence-electron chi connectivity index (χ4n) is 3.76. The molecule has 1 aromatic carbocycles. The highest BCUT2D eigenvalue weighted by atomic mass is 32.2. The van der Waals surface area contributed by atoms with Gasteiger partial charge >= 0.3 is 6.09 Å². The molecule has 0 atom stereocenters. The summed E-state index contributed by atoms with van der Waals surface area (Å²) in [6, 6.07) is 3.71. The lowest BCUT2D eigenvalue weighted by molar-refractivity contribution is -0.124. The number of benzene rings is 1. The third-order valence-electron chi connectivity index (χ3n) is 5.84. The van der Waals surface area contributed by atoms with Crippen LogP contribution in [-0.2, 0) is 26.0 Å². The molecule has 1 saturated heterocycles. The minimum Gasteiger partial charge on any atom is -0.443 e. The largest absolute Gasteiger partial charge is 0.443 e. The van der Waals surface area contributed by atoms with Gasteiger partial charge in [-0.25, -0.2) is 17.5 Å². The van der Waals surface area contributed by atoms with Gasteiger partial charge in [-0.15, -0.1) is 0 Å². The average molecular weight is 469 g/mol. The summed E-state index contributed by atoms with van der Waals surface area (Å²) in [6.45, 7) is 9.59. The van der Waals surface area contributed by atoms with E-state index in [0.29, 0.717) is 12.1 Å². The number of rotatable bonds is 6. The second-order valence-electron chi connectivity index (χ2n) is 9.58. The van der Waals surface area contributed by atoms with Gasteiger partial charge in [-0.05, 0) is 82.7 Å². The number of sulfonamides is 1. The monoisotopic (exact) mass is 468 g/mol. The van der Waals surface area contributed by atoms with E-state index < -0.39 is 33.2 Å². The lowest BCUT2D eigenvalue weighted by atomic mass is 9.89. The molecule has 2 rings (SSSR count). The number of ether oxygens (including phenoxy) is 1. The van der Waals surface area contributed by atoms with Crippen LogP contribution < -0.4 is 16.4 Å². The second-order valence-corrected chi connectivity index (χ2v) is 11.7. The first-order chi connectivity index (χ1) is 14.6. The molecule has 0 unspecified atom stereocenters. The van der Waals surface area contributed by atoms with E-state index in [1.165, 1.54) is 9.21 Å². The van der Waals surface area contributed by atoms with Crippen molar-refractivity contribution in [2.75, 3.05) is 30.8 Å². The fourth-order valence-corrected chi connectivity index (χ4v) is 5.22. The minimum atomic E-state index is -3.51. The normalized spacial score (nSPS) is 17.1. The van der Waals surface area contributed by atoms with E-state index in [4.69, 9.17) is 16.2 Å². The molecule has 9 nitrogen and oxygen atoms in total. The quantitative estimate of drug-likeness (QED) is 0.654. The zero-order valence-electron chi connectivity index (χ0n) is 19.9. The van der Waals surface area contributed by atoms with E-state index >= 15 is 0 Å². The summed E-state index contributed by atoms with van der Waals surface area (Å²) >= 11 is 0. The predicted octanol–water partition coefficient (Wildman–Crippen LogP) is 1.83. The Labute approximate surface area is 191 Å². The summed E-state index contributed by atoms with van der Waals surface area (Å²) < 4.78 is 32.5. The molecular formula is C22H36N4O5S. The number of hydrogen-bond acceptors (Lipinski definition) is 6. The van der Waals surface area contributed by atoms with E-state index in [0.717, 1.165) is 16.7 Å². The number of primary amides is 1. The number of piperidine rings is 1. The van der Waals surface area contributed by atoms with Gasteiger partial charge in [0.05, 0.1) is 11.3 Å². The number of carbonyl (C=O) groups is 2. The SMILES string of the molecule is Cc1cc(N(C)C(=O)OC(C)(C)C)cc(C)c1CCS(=O)(=O)N1CCC(N)(C(N)=O)CC1. The van der Waals surface area contributed by atoms with Crippen LogP contribution in [0.5, 0.6) is 0 Å². The lowest BCUT2D eigenvalue weighted by Gasteiger charge is -2.36. The molecule has 10 heteroatoms. The van der Waals surface area contributed by atoms with Gasteiger partial charge in [-0.1, -0.05) is 0 Å². The number of hydrogen-bond donors (Lipinski definition) is 2. The van der Waals surface area contributed by atoms with Gasteiger partial charge in [0.15, 0.2) is 0 Å². The number of anilines is 1. The minimum absolute atomic E-state index is 0.0515. The smallest absolute Gasteiger partial charge is 0.414 e. The van der Waals surface area contributed by atoms with Crippen LogP contribution >= 0.6 is 0 Å². The van der Waals surface area contributed by atoms with Gasteiger partial charge in [-0.3, -0.25) is 9.69 Å². The van der Waals surface area contributed by atoms with Crippen LogP contribution in [0.15, 0.2) is 12.1 Å². The first-order valence-electron chi connectivity index (χ1n) is 10.7. The molecule has 0 radical (unpaired) electrons. The molecule has 1 aliphatic heterocycles. The van der Waals surface area contributed by atoms with Gasteiger partial charge in [0.25, 0.3) is 0 Å². The number of nitrogens with two attached hydrogens (primary N) is 2. The third kappa shape index (κ3) is 6.20. The molecule has 0 aliphatic carbocycles. The van der Waals surface area contributed by atoms with Crippen molar-refractivity contribution in [2.45, 2.75) is 65.0 Å². The van der Waals surface area contributed by atoms with E-state index in [1.807, 2.05) is 46.8 Å². The lowest BCUT2D eigenvalue weighted by Crippen LogP contribution is -2.59. The van der Waals surface area contributed by atoms with Crippen molar-refractivity contribution in [3.8, 4) is 0 Å². The fraction of sp³-hybridized carbons (Fsp3) is 0.636. The zero-order chi connectivity index (χ0) is 24.5. The first kappa shape index (κ1) is 26.1. The maximum absolute atomic E-state index is 12.9. The number of carbonyl (C=O) groups excluding carboxylic acids is 2. The van der Waals surface area contributed by atoms with Crippen LogP contribution in [0.25, 0.3) is 0 Å². The van der Waals surface area contributed by atoms with Crippen molar-refractivity contribution in [1.29, 1.82) is 0 Å². The number of nitrogens with zero attached hydrogens (tertiary/aromatic N) is 2. The Morgan fingerprint density at radius 1 is 1.16 bits per heavy atom. The average Bonchev–Trinajstić information content (AvgIpc) is 2.65. The highest BCUT2D eigenvalue weighted by Gasteiger charge is 2.39. The Kier molecular flexibility index (Phi) is 7.63. The van der Waals surface area contributed by atoms with Gasteiger partial charge in [0.1, 0.15) is 5.60 Å². The highest BCUT2D eigenvalue weighted by Crippen LogP contribution is 2.26. The molecule has 0 saturated carbocycles. The summed E-state index contributed by atoms with van der Waals surface area (Å²) in [7, 11) is -1.86. The standard InChI is InChI=1S/C22H36N4O5S/c1-15-13-17(25(6)20(28)31-21(3,4)5)14-16(2)18(15)7-12-32(29,30)26-10-8-22(24,9-11-26)19(23)27/h13-14H,7-12,24H2,1-6H3,(H2,23,27). The molecule has 0 bridgehead atoms. The van der Waals surface area contributed by atoms with Crippen molar-refractivity contribution in [1.82, 2.24) is 4.31 Å². The molecule has 32 heavy (non-hydrogen) atoms. The topological polar surface area (TPSA) is 136 Å². The van der Waals surface area contributed by atoms with Crippen LogP contribution in [-0.4, -0.2) is 61.8 Å². The summed E-state index contributed by atoms with van der Waals surface area (Å²) in [5.41, 5.74) is 13.0. The van der Waals surface area contributed by atoms with E-state index in [-0.39, 0.29) is 31.7 Å². The summed E-state index contributed by atoms with van der Waals surface area (Å²) in [4.78, 5) is 25.3. The van der Waals surface area contributed by atoms with Crippen molar-refractivity contribution in [2.24, 2.45) is 11.5 Å². The van der Waals surface area contributed by atoms with E-state index in [9.17, 15) is 18.0 Å². The molecule has 1 heterocycles. The molecule has 2 amide bonds. The van der Waals surface area contributed by atoms with Crippen molar-refractivity contribution in [3.63, 3.8) is 0 Å². The third-order valence-corrected chi connectivity index (χ3v) is 7.72. The Balaban J connectivity index is 2.09. The Hall–Kier alpha value is -2.17. The second kappa shape index (κ2) is 9.36. The van der Waals surface area contributed by atoms with Gasteiger partial charge < -0.3 is 16.2 Å². The van der Waals surface area contributed by atoms with Gasteiger partial charge in [-0.2, -0.15) is 0 Å². The van der Waals surface area contributed by atoms with Crippen molar-refractivity contribution in [3.05, 3.63) is 28.8 Å². The summed E-state index contributed by atoms with van der Waals surface area (Å²) in [6.07, 6.45) is 0.316. The van der Waals surface area contributed by atoms with Crippen molar-refractivity contribution < 1.29 is 22.7 Å². The Morgan fingerprint density at radius 2 is 1.66 bits per heavy atom. The Morgan fingerprint density at radius 3 is 2.09 bits per heavy atom. The molecule has 1 fully saturated rings. The predicted molar refractivity (Wildman–Crippen MR) is 125 cm³/mol. The van der Waals surface area contributed by atoms with Gasteiger partial charge in [0.2, 0.25) is 15.9 Å². The zero-order valence-corrected chi connectivity index (χ0v) is 20.7. The number of aryl methyl sites for hydroxylation is 2. The van der Waals surface area contributed by atoms with Crippen molar-refractivity contribution >= 4 is 27.7 Å². The Bertz CT molecular complexity index is 954. The molecule has 1 aliphatic rings. The van der Waals surface area contributed by atoms with E-state index in [1.54, 1.807) is 7.05 Å². The van der Waals surface area contributed by atoms with E-state index in [2.05, 4.69) is 0 Å². The molecule has 1 aromatic rings. The number of amides is 2. The van der Waals surface area contributed by atoms with Crippen LogP contribution in [0.2, 0.25) is 0 Å². The van der Waals surface area contributed by atoms with Crippen LogP contribution in [0.1, 0.15) is 50.3 Å². The molecule has 0 spiro atoms. The first-order valence-corrected chi connectivity index (χ1v) is 12.3. The van der Waals surface area contributed by atoms with Crippen LogP contribution in [0, 0.1) is 13.8 Å². The van der Waals surface area contributed by atoms with Gasteiger partial charge in [0, 0.05) is 25.8 Å². The highest BCUT2D eigenvalue weighted by molar-refractivity contribution is 7.89.